The number of aromatic nitrogens is 1. The first-order valence-electron chi connectivity index (χ1n) is 11.8. The van der Waals surface area contributed by atoms with Gasteiger partial charge in [0, 0.05) is 57.7 Å². The van der Waals surface area contributed by atoms with Crippen LogP contribution in [0.15, 0.2) is 72.9 Å². The van der Waals surface area contributed by atoms with Crippen LogP contribution in [0.5, 0.6) is 0 Å². The highest BCUT2D eigenvalue weighted by atomic mass is 19.1. The van der Waals surface area contributed by atoms with Crippen molar-refractivity contribution in [2.45, 2.75) is 25.6 Å². The molecule has 1 N–H and O–H groups in total. The Morgan fingerprint density at radius 2 is 1.76 bits per heavy atom. The summed E-state index contributed by atoms with van der Waals surface area (Å²) in [5, 5.41) is 10.8. The normalized spacial score (nSPS) is 15.7. The average Bonchev–Trinajstić information content (AvgIpc) is 3.25. The van der Waals surface area contributed by atoms with E-state index in [0.29, 0.717) is 19.5 Å². The van der Waals surface area contributed by atoms with Gasteiger partial charge in [-0.2, -0.15) is 0 Å². The van der Waals surface area contributed by atoms with Crippen LogP contribution in [0.2, 0.25) is 0 Å². The van der Waals surface area contributed by atoms with Gasteiger partial charge in [0.25, 0.3) is 0 Å². The molecule has 0 bridgehead atoms. The van der Waals surface area contributed by atoms with E-state index in [4.69, 9.17) is 4.74 Å². The summed E-state index contributed by atoms with van der Waals surface area (Å²) in [5.41, 5.74) is 3.25. The van der Waals surface area contributed by atoms with Gasteiger partial charge in [-0.25, -0.2) is 4.39 Å². The molecule has 3 aromatic rings. The fraction of sp³-hybridized carbons (Fsp3) is 0.407. The number of benzene rings is 2. The Morgan fingerprint density at radius 1 is 0.970 bits per heavy atom. The van der Waals surface area contributed by atoms with Gasteiger partial charge >= 0.3 is 0 Å². The maximum absolute atomic E-state index is 13.6. The Kier molecular flexibility index (Phi) is 8.66. The third kappa shape index (κ3) is 7.51. The van der Waals surface area contributed by atoms with Crippen LogP contribution >= 0.6 is 0 Å². The van der Waals surface area contributed by atoms with E-state index in [1.807, 2.05) is 36.5 Å². The number of rotatable bonds is 11. The van der Waals surface area contributed by atoms with E-state index in [0.717, 1.165) is 62.8 Å². The zero-order valence-corrected chi connectivity index (χ0v) is 19.2. The van der Waals surface area contributed by atoms with Crippen molar-refractivity contribution in [3.05, 3.63) is 95.6 Å². The van der Waals surface area contributed by atoms with Crippen molar-refractivity contribution in [1.29, 1.82) is 0 Å². The average molecular weight is 452 g/mol. The second kappa shape index (κ2) is 12.1. The summed E-state index contributed by atoms with van der Waals surface area (Å²) in [6, 6.07) is 21.1. The van der Waals surface area contributed by atoms with E-state index in [9.17, 15) is 9.50 Å². The van der Waals surface area contributed by atoms with E-state index in [1.54, 1.807) is 12.1 Å². The van der Waals surface area contributed by atoms with E-state index in [-0.39, 0.29) is 5.82 Å². The molecule has 0 spiro atoms. The van der Waals surface area contributed by atoms with E-state index in [1.165, 1.54) is 6.07 Å². The predicted molar refractivity (Wildman–Crippen MR) is 129 cm³/mol. The van der Waals surface area contributed by atoms with Crippen LogP contribution in [-0.2, 0) is 24.2 Å². The molecule has 1 atom stereocenters. The molecule has 4 rings (SSSR count). The number of hydrogen-bond acceptors (Lipinski definition) is 4. The fourth-order valence-corrected chi connectivity index (χ4v) is 4.40. The second-order valence-electron chi connectivity index (χ2n) is 8.79. The Bertz CT molecular complexity index is 972. The van der Waals surface area contributed by atoms with Gasteiger partial charge in [-0.15, -0.1) is 0 Å². The minimum absolute atomic E-state index is 0.211. The molecule has 2 aromatic carbocycles. The summed E-state index contributed by atoms with van der Waals surface area (Å²) in [7, 11) is 0. The predicted octanol–water partition coefficient (Wildman–Crippen LogP) is 3.41. The minimum atomic E-state index is -0.441. The maximum Gasteiger partial charge on any atom is 0.123 e. The molecule has 0 saturated carbocycles. The van der Waals surface area contributed by atoms with Gasteiger partial charge in [0.2, 0.25) is 0 Å². The lowest BCUT2D eigenvalue weighted by atomic mass is 10.1. The molecule has 6 heteroatoms. The van der Waals surface area contributed by atoms with Crippen molar-refractivity contribution < 1.29 is 14.2 Å². The van der Waals surface area contributed by atoms with Crippen LogP contribution in [0, 0.1) is 5.82 Å². The summed E-state index contributed by atoms with van der Waals surface area (Å²) in [6.07, 6.45) is 2.24. The van der Waals surface area contributed by atoms with Crippen molar-refractivity contribution in [3.8, 4) is 0 Å². The Labute approximate surface area is 196 Å². The third-order valence-electron chi connectivity index (χ3n) is 6.17. The molecule has 5 nitrogen and oxygen atoms in total. The number of aliphatic hydroxyl groups is 1. The van der Waals surface area contributed by atoms with Crippen molar-refractivity contribution >= 4 is 0 Å². The highest BCUT2D eigenvalue weighted by Crippen LogP contribution is 2.13. The highest BCUT2D eigenvalue weighted by molar-refractivity contribution is 5.19. The number of morpholine rings is 1. The molecule has 1 unspecified atom stereocenters. The molecule has 1 aliphatic heterocycles. The lowest BCUT2D eigenvalue weighted by Crippen LogP contribution is -2.43. The van der Waals surface area contributed by atoms with Crippen molar-refractivity contribution in [2.75, 3.05) is 45.9 Å². The van der Waals surface area contributed by atoms with Crippen LogP contribution in [0.4, 0.5) is 4.39 Å². The van der Waals surface area contributed by atoms with Crippen LogP contribution in [0.3, 0.4) is 0 Å². The topological polar surface area (TPSA) is 40.9 Å². The largest absolute Gasteiger partial charge is 0.391 e. The molecule has 33 heavy (non-hydrogen) atoms. The molecule has 1 aliphatic rings. The zero-order valence-electron chi connectivity index (χ0n) is 19.2. The van der Waals surface area contributed by atoms with Gasteiger partial charge in [-0.3, -0.25) is 9.80 Å². The second-order valence-corrected chi connectivity index (χ2v) is 8.79. The van der Waals surface area contributed by atoms with E-state index < -0.39 is 6.10 Å². The highest BCUT2D eigenvalue weighted by Gasteiger charge is 2.17. The van der Waals surface area contributed by atoms with Crippen molar-refractivity contribution in [3.63, 3.8) is 0 Å². The van der Waals surface area contributed by atoms with Gasteiger partial charge in [0.15, 0.2) is 0 Å². The molecule has 0 amide bonds. The van der Waals surface area contributed by atoms with Crippen LogP contribution in [0.25, 0.3) is 0 Å². The number of nitrogens with zero attached hydrogens (tertiary/aromatic N) is 3. The summed E-state index contributed by atoms with van der Waals surface area (Å²) < 4.78 is 21.3. The quantitative estimate of drug-likeness (QED) is 0.485. The number of aliphatic hydroxyl groups excluding tert-OH is 1. The lowest BCUT2D eigenvalue weighted by molar-refractivity contribution is 0.0290. The van der Waals surface area contributed by atoms with Gasteiger partial charge in [0.1, 0.15) is 5.82 Å². The Morgan fingerprint density at radius 3 is 2.55 bits per heavy atom. The molecule has 0 aliphatic carbocycles. The standard InChI is InChI=1S/C27H34FN3O2/c28-25-9-4-8-24(18-25)20-31-11-5-10-26(31)21-30(13-12-29-14-16-33-17-15-29)22-27(32)19-23-6-2-1-3-7-23/h1-11,18,27,32H,12-17,19-22H2. The van der Waals surface area contributed by atoms with Gasteiger partial charge in [-0.05, 0) is 41.8 Å². The first-order valence-corrected chi connectivity index (χ1v) is 11.8. The first-order chi connectivity index (χ1) is 16.2. The number of hydrogen-bond donors (Lipinski definition) is 1. The van der Waals surface area contributed by atoms with Gasteiger partial charge in [0.05, 0.1) is 19.3 Å². The van der Waals surface area contributed by atoms with Crippen LogP contribution in [-0.4, -0.2) is 71.5 Å². The molecular formula is C27H34FN3O2. The summed E-state index contributed by atoms with van der Waals surface area (Å²) >= 11 is 0. The van der Waals surface area contributed by atoms with Crippen molar-refractivity contribution in [2.24, 2.45) is 0 Å². The SMILES string of the molecule is OC(Cc1ccccc1)CN(CCN1CCOCC1)Cc1cccn1Cc1cccc(F)c1. The van der Waals surface area contributed by atoms with Crippen LogP contribution in [0.1, 0.15) is 16.8 Å². The molecule has 2 heterocycles. The third-order valence-corrected chi connectivity index (χ3v) is 6.17. The summed E-state index contributed by atoms with van der Waals surface area (Å²) in [6.45, 7) is 7.27. The maximum atomic E-state index is 13.6. The Hall–Kier alpha value is -2.51. The molecule has 1 saturated heterocycles. The Balaban J connectivity index is 1.41. The number of ether oxygens (including phenoxy) is 1. The first kappa shape index (κ1) is 23.6. The molecule has 1 fully saturated rings. The van der Waals surface area contributed by atoms with Crippen LogP contribution < -0.4 is 0 Å². The van der Waals surface area contributed by atoms with E-state index >= 15 is 0 Å². The molecule has 176 valence electrons. The van der Waals surface area contributed by atoms with Gasteiger partial charge < -0.3 is 14.4 Å². The fourth-order valence-electron chi connectivity index (χ4n) is 4.40. The summed E-state index contributed by atoms with van der Waals surface area (Å²) in [5.74, 6) is -0.211. The van der Waals surface area contributed by atoms with E-state index in [2.05, 4.69) is 32.6 Å². The molecule has 1 aromatic heterocycles. The molecule has 0 radical (unpaired) electrons. The zero-order chi connectivity index (χ0) is 22.9. The minimum Gasteiger partial charge on any atom is -0.391 e. The van der Waals surface area contributed by atoms with Crippen molar-refractivity contribution in [1.82, 2.24) is 14.4 Å². The number of halogens is 1. The van der Waals surface area contributed by atoms with Gasteiger partial charge in [-0.1, -0.05) is 42.5 Å². The summed E-state index contributed by atoms with van der Waals surface area (Å²) in [4.78, 5) is 4.76. The monoisotopic (exact) mass is 451 g/mol. The lowest BCUT2D eigenvalue weighted by Gasteiger charge is -2.31. The smallest absolute Gasteiger partial charge is 0.123 e. The molecular weight excluding hydrogens is 417 g/mol.